The molecule has 5 rings (SSSR count). The molecule has 0 bridgehead atoms. The van der Waals surface area contributed by atoms with E-state index in [0.29, 0.717) is 24.4 Å². The number of carbonyl (C=O) groups is 2. The van der Waals surface area contributed by atoms with E-state index < -0.39 is 5.91 Å². The molecule has 2 aliphatic rings. The number of hydrogen-bond acceptors (Lipinski definition) is 4. The number of pyridine rings is 1. The molecule has 1 aliphatic carbocycles. The molecule has 0 spiro atoms. The molecule has 8 nitrogen and oxygen atoms in total. The van der Waals surface area contributed by atoms with E-state index in [2.05, 4.69) is 17.4 Å². The molecular formula is C19H20N6O2. The Morgan fingerprint density at radius 1 is 1.26 bits per heavy atom. The van der Waals surface area contributed by atoms with Gasteiger partial charge in [-0.2, -0.15) is 5.10 Å². The van der Waals surface area contributed by atoms with Crippen LogP contribution in [-0.4, -0.2) is 37.5 Å². The number of anilines is 1. The number of fused-ring (bicyclic) bond motifs is 1. The second-order valence-corrected chi connectivity index (χ2v) is 7.34. The predicted octanol–water partition coefficient (Wildman–Crippen LogP) is 1.68. The Balaban J connectivity index is 1.54. The number of primary amides is 1. The van der Waals surface area contributed by atoms with Gasteiger partial charge in [0.1, 0.15) is 0 Å². The second kappa shape index (κ2) is 5.94. The highest BCUT2D eigenvalue weighted by molar-refractivity contribution is 5.98. The summed E-state index contributed by atoms with van der Waals surface area (Å²) < 4.78 is 3.66. The van der Waals surface area contributed by atoms with Crippen molar-refractivity contribution < 1.29 is 9.59 Å². The van der Waals surface area contributed by atoms with E-state index in [-0.39, 0.29) is 5.91 Å². The lowest BCUT2D eigenvalue weighted by Crippen LogP contribution is -2.24. The Hall–Kier alpha value is -3.16. The first-order valence-electron chi connectivity index (χ1n) is 9.22. The molecule has 0 radical (unpaired) electrons. The number of carbonyl (C=O) groups excluding carboxylic acids is 2. The Morgan fingerprint density at radius 3 is 2.78 bits per heavy atom. The predicted molar refractivity (Wildman–Crippen MR) is 98.6 cm³/mol. The van der Waals surface area contributed by atoms with Crippen molar-refractivity contribution in [2.24, 2.45) is 5.73 Å². The lowest BCUT2D eigenvalue weighted by Gasteiger charge is -2.17. The van der Waals surface area contributed by atoms with Crippen LogP contribution in [0.3, 0.4) is 0 Å². The summed E-state index contributed by atoms with van der Waals surface area (Å²) in [4.78, 5) is 30.2. The van der Waals surface area contributed by atoms with E-state index in [1.165, 1.54) is 24.6 Å². The molecule has 3 aromatic heterocycles. The molecule has 2 fully saturated rings. The maximum atomic E-state index is 12.3. The number of rotatable bonds is 5. The lowest BCUT2D eigenvalue weighted by molar-refractivity contribution is -0.117. The zero-order valence-electron chi connectivity index (χ0n) is 14.8. The largest absolute Gasteiger partial charge is 0.366 e. The fraction of sp³-hybridized carbons (Fsp3) is 0.368. The molecule has 0 atom stereocenters. The third-order valence-electron chi connectivity index (χ3n) is 5.26. The molecule has 4 heterocycles. The second-order valence-electron chi connectivity index (χ2n) is 7.34. The Kier molecular flexibility index (Phi) is 3.53. The van der Waals surface area contributed by atoms with E-state index >= 15 is 0 Å². The monoisotopic (exact) mass is 364 g/mol. The number of nitrogens with zero attached hydrogens (tertiary/aromatic N) is 5. The maximum Gasteiger partial charge on any atom is 0.251 e. The Labute approximate surface area is 155 Å². The zero-order valence-corrected chi connectivity index (χ0v) is 14.8. The minimum Gasteiger partial charge on any atom is -0.366 e. The van der Waals surface area contributed by atoms with Crippen LogP contribution in [0.1, 0.15) is 53.2 Å². The molecule has 1 aliphatic heterocycles. The topological polar surface area (TPSA) is 98.5 Å². The van der Waals surface area contributed by atoms with Gasteiger partial charge in [-0.05, 0) is 36.8 Å². The van der Waals surface area contributed by atoms with Crippen molar-refractivity contribution in [2.45, 2.75) is 38.1 Å². The molecule has 0 aromatic carbocycles. The van der Waals surface area contributed by atoms with Gasteiger partial charge < -0.3 is 15.0 Å². The van der Waals surface area contributed by atoms with Crippen molar-refractivity contribution in [2.75, 3.05) is 11.4 Å². The van der Waals surface area contributed by atoms with Crippen LogP contribution in [0.5, 0.6) is 0 Å². The van der Waals surface area contributed by atoms with Crippen molar-refractivity contribution in [3.63, 3.8) is 0 Å². The van der Waals surface area contributed by atoms with E-state index in [1.807, 2.05) is 15.5 Å². The third-order valence-corrected chi connectivity index (χ3v) is 5.26. The molecule has 8 heteroatoms. The number of nitrogens with two attached hydrogens (primary N) is 1. The van der Waals surface area contributed by atoms with Crippen molar-refractivity contribution >= 4 is 23.1 Å². The summed E-state index contributed by atoms with van der Waals surface area (Å²) >= 11 is 0. The summed E-state index contributed by atoms with van der Waals surface area (Å²) in [6.07, 6.45) is 11.0. The molecular weight excluding hydrogens is 344 g/mol. The highest BCUT2D eigenvalue weighted by Gasteiger charge is 2.29. The average molecular weight is 364 g/mol. The van der Waals surface area contributed by atoms with Crippen LogP contribution >= 0.6 is 0 Å². The summed E-state index contributed by atoms with van der Waals surface area (Å²) in [6.45, 7) is 1.17. The number of amides is 2. The first kappa shape index (κ1) is 16.0. The number of hydrogen-bond donors (Lipinski definition) is 1. The highest BCUT2D eigenvalue weighted by atomic mass is 16.2. The molecule has 1 saturated carbocycles. The van der Waals surface area contributed by atoms with Gasteiger partial charge in [0, 0.05) is 31.6 Å². The normalized spacial score (nSPS) is 17.2. The van der Waals surface area contributed by atoms with Crippen molar-refractivity contribution in [1.29, 1.82) is 0 Å². The summed E-state index contributed by atoms with van der Waals surface area (Å²) in [5.74, 6) is 0.244. The van der Waals surface area contributed by atoms with Crippen LogP contribution in [0.4, 0.5) is 5.69 Å². The van der Waals surface area contributed by atoms with Gasteiger partial charge in [0.15, 0.2) is 5.65 Å². The van der Waals surface area contributed by atoms with Gasteiger partial charge in [0.2, 0.25) is 5.91 Å². The summed E-state index contributed by atoms with van der Waals surface area (Å²) in [5, 5.41) is 4.17. The SMILES string of the molecule is NC(=O)c1cnn(Cc2cn3cc(C4CC4)cc(N4CCCC4=O)c3n2)c1. The van der Waals surface area contributed by atoms with Gasteiger partial charge in [0.05, 0.1) is 29.7 Å². The van der Waals surface area contributed by atoms with Gasteiger partial charge in [-0.15, -0.1) is 0 Å². The smallest absolute Gasteiger partial charge is 0.251 e. The van der Waals surface area contributed by atoms with Crippen LogP contribution in [0.15, 0.2) is 30.9 Å². The minimum absolute atomic E-state index is 0.160. The van der Waals surface area contributed by atoms with Gasteiger partial charge in [-0.1, -0.05) is 0 Å². The number of imidazole rings is 1. The van der Waals surface area contributed by atoms with Crippen LogP contribution in [-0.2, 0) is 11.3 Å². The quantitative estimate of drug-likeness (QED) is 0.745. The van der Waals surface area contributed by atoms with Crippen LogP contribution in [0.2, 0.25) is 0 Å². The molecule has 3 aromatic rings. The molecule has 2 N–H and O–H groups in total. The third kappa shape index (κ3) is 2.87. The van der Waals surface area contributed by atoms with Gasteiger partial charge in [-0.3, -0.25) is 14.3 Å². The van der Waals surface area contributed by atoms with Crippen LogP contribution in [0.25, 0.3) is 5.65 Å². The molecule has 2 amide bonds. The summed E-state index contributed by atoms with van der Waals surface area (Å²) in [7, 11) is 0. The molecule has 27 heavy (non-hydrogen) atoms. The first-order chi connectivity index (χ1) is 13.1. The molecule has 138 valence electrons. The number of aromatic nitrogens is 4. The van der Waals surface area contributed by atoms with E-state index in [4.69, 9.17) is 10.7 Å². The van der Waals surface area contributed by atoms with Crippen molar-refractivity contribution in [3.05, 3.63) is 47.7 Å². The van der Waals surface area contributed by atoms with Crippen molar-refractivity contribution in [3.8, 4) is 0 Å². The molecule has 0 unspecified atom stereocenters. The Morgan fingerprint density at radius 2 is 2.11 bits per heavy atom. The van der Waals surface area contributed by atoms with Gasteiger partial charge in [0.25, 0.3) is 5.91 Å². The summed E-state index contributed by atoms with van der Waals surface area (Å²) in [5.41, 5.74) is 9.41. The highest BCUT2D eigenvalue weighted by Crippen LogP contribution is 2.42. The fourth-order valence-electron chi connectivity index (χ4n) is 3.71. The standard InChI is InChI=1S/C19H20N6O2/c20-18(27)14-7-21-24(9-14)11-15-10-23-8-13(12-3-4-12)6-16(19(23)22-15)25-5-1-2-17(25)26/h6-10,12H,1-5,11H2,(H2,20,27). The van der Waals surface area contributed by atoms with Crippen molar-refractivity contribution in [1.82, 2.24) is 19.2 Å². The average Bonchev–Trinajstić information content (AvgIpc) is 3.03. The zero-order chi connectivity index (χ0) is 18.5. The van der Waals surface area contributed by atoms with E-state index in [1.54, 1.807) is 10.9 Å². The first-order valence-corrected chi connectivity index (χ1v) is 9.22. The minimum atomic E-state index is -0.500. The summed E-state index contributed by atoms with van der Waals surface area (Å²) in [6, 6.07) is 2.13. The molecule has 1 saturated heterocycles. The van der Waals surface area contributed by atoms with Crippen LogP contribution in [0, 0.1) is 0 Å². The van der Waals surface area contributed by atoms with E-state index in [9.17, 15) is 9.59 Å². The fourth-order valence-corrected chi connectivity index (χ4v) is 3.71. The Bertz CT molecular complexity index is 1060. The lowest BCUT2D eigenvalue weighted by atomic mass is 10.1. The van der Waals surface area contributed by atoms with Gasteiger partial charge >= 0.3 is 0 Å². The van der Waals surface area contributed by atoms with Gasteiger partial charge in [-0.25, -0.2) is 4.98 Å². The van der Waals surface area contributed by atoms with Crippen LogP contribution < -0.4 is 10.6 Å². The van der Waals surface area contributed by atoms with E-state index in [0.717, 1.165) is 30.0 Å². The maximum absolute atomic E-state index is 12.3.